The highest BCUT2D eigenvalue weighted by Crippen LogP contribution is 2.28. The molecule has 122 valence electrons. The number of hydrogen-bond donors (Lipinski definition) is 2. The van der Waals surface area contributed by atoms with Gasteiger partial charge in [-0.2, -0.15) is 0 Å². The van der Waals surface area contributed by atoms with Crippen molar-refractivity contribution < 1.29 is 19.0 Å². The van der Waals surface area contributed by atoms with E-state index in [9.17, 15) is 4.79 Å². The number of amides is 2. The number of nitrogens with one attached hydrogen (secondary N) is 2. The van der Waals surface area contributed by atoms with Gasteiger partial charge < -0.3 is 24.8 Å². The van der Waals surface area contributed by atoms with Gasteiger partial charge in [0.15, 0.2) is 0 Å². The summed E-state index contributed by atoms with van der Waals surface area (Å²) in [5.41, 5.74) is 1.46. The van der Waals surface area contributed by atoms with Crippen LogP contribution in [-0.2, 0) is 6.54 Å². The molecule has 2 aromatic rings. The first-order valence-corrected chi connectivity index (χ1v) is 7.06. The van der Waals surface area contributed by atoms with E-state index in [0.29, 0.717) is 23.7 Å². The number of methoxy groups -OCH3 is 3. The Balaban J connectivity index is 2.00. The minimum Gasteiger partial charge on any atom is -0.497 e. The monoisotopic (exact) mass is 316 g/mol. The fourth-order valence-electron chi connectivity index (χ4n) is 2.09. The summed E-state index contributed by atoms with van der Waals surface area (Å²) in [5, 5.41) is 5.53. The fourth-order valence-corrected chi connectivity index (χ4v) is 2.09. The van der Waals surface area contributed by atoms with Crippen molar-refractivity contribution in [2.75, 3.05) is 26.6 Å². The van der Waals surface area contributed by atoms with Crippen LogP contribution in [0.5, 0.6) is 17.2 Å². The Labute approximate surface area is 135 Å². The van der Waals surface area contributed by atoms with Gasteiger partial charge >= 0.3 is 6.03 Å². The highest BCUT2D eigenvalue weighted by Gasteiger charge is 2.09. The topological polar surface area (TPSA) is 68.8 Å². The molecular formula is C17H20N2O4. The quantitative estimate of drug-likeness (QED) is 0.859. The van der Waals surface area contributed by atoms with Gasteiger partial charge in [-0.3, -0.25) is 0 Å². The third-order valence-corrected chi connectivity index (χ3v) is 3.29. The average Bonchev–Trinajstić information content (AvgIpc) is 2.60. The molecule has 2 N–H and O–H groups in total. The summed E-state index contributed by atoms with van der Waals surface area (Å²) in [6.45, 7) is 0.355. The molecule has 0 aliphatic carbocycles. The average molecular weight is 316 g/mol. The maximum Gasteiger partial charge on any atom is 0.319 e. The van der Waals surface area contributed by atoms with Crippen molar-refractivity contribution >= 4 is 11.7 Å². The number of rotatable bonds is 6. The molecular weight excluding hydrogens is 296 g/mol. The zero-order valence-corrected chi connectivity index (χ0v) is 13.4. The van der Waals surface area contributed by atoms with Crippen LogP contribution in [0, 0.1) is 0 Å². The lowest BCUT2D eigenvalue weighted by Crippen LogP contribution is -2.28. The number of anilines is 1. The summed E-state index contributed by atoms with van der Waals surface area (Å²) in [6, 6.07) is 12.4. The summed E-state index contributed by atoms with van der Waals surface area (Å²) in [5.74, 6) is 1.91. The van der Waals surface area contributed by atoms with Crippen LogP contribution in [-0.4, -0.2) is 27.4 Å². The number of carbonyl (C=O) groups excluding carboxylic acids is 1. The molecule has 0 unspecified atom stereocenters. The fraction of sp³-hybridized carbons (Fsp3) is 0.235. The second-order valence-corrected chi connectivity index (χ2v) is 4.69. The van der Waals surface area contributed by atoms with Gasteiger partial charge in [0.05, 0.1) is 27.0 Å². The van der Waals surface area contributed by atoms with Crippen LogP contribution >= 0.6 is 0 Å². The molecule has 0 radical (unpaired) electrons. The third kappa shape index (κ3) is 4.29. The Kier molecular flexibility index (Phi) is 5.68. The van der Waals surface area contributed by atoms with Crippen molar-refractivity contribution in [2.45, 2.75) is 6.54 Å². The van der Waals surface area contributed by atoms with E-state index in [-0.39, 0.29) is 6.03 Å². The maximum absolute atomic E-state index is 12.1. The normalized spacial score (nSPS) is 9.87. The van der Waals surface area contributed by atoms with Gasteiger partial charge in [-0.05, 0) is 18.2 Å². The molecule has 2 rings (SSSR count). The molecule has 6 heteroatoms. The van der Waals surface area contributed by atoms with E-state index in [1.54, 1.807) is 32.4 Å². The van der Waals surface area contributed by atoms with Crippen molar-refractivity contribution in [1.29, 1.82) is 0 Å². The molecule has 6 nitrogen and oxygen atoms in total. The van der Waals surface area contributed by atoms with Crippen molar-refractivity contribution in [3.8, 4) is 17.2 Å². The van der Waals surface area contributed by atoms with Crippen LogP contribution in [0.3, 0.4) is 0 Å². The van der Waals surface area contributed by atoms with Crippen LogP contribution in [0.2, 0.25) is 0 Å². The Hall–Kier alpha value is -2.89. The van der Waals surface area contributed by atoms with Crippen molar-refractivity contribution in [2.24, 2.45) is 0 Å². The van der Waals surface area contributed by atoms with Gasteiger partial charge in [-0.15, -0.1) is 0 Å². The lowest BCUT2D eigenvalue weighted by atomic mass is 10.2. The third-order valence-electron chi connectivity index (χ3n) is 3.29. The first-order valence-electron chi connectivity index (χ1n) is 7.06. The zero-order valence-electron chi connectivity index (χ0n) is 13.4. The summed E-state index contributed by atoms with van der Waals surface area (Å²) in [4.78, 5) is 12.1. The van der Waals surface area contributed by atoms with Gasteiger partial charge in [-0.25, -0.2) is 4.79 Å². The zero-order chi connectivity index (χ0) is 16.7. The molecule has 0 aromatic heterocycles. The van der Waals surface area contributed by atoms with E-state index < -0.39 is 0 Å². The Bertz CT molecular complexity index is 673. The van der Waals surface area contributed by atoms with Crippen LogP contribution in [0.4, 0.5) is 10.5 Å². The van der Waals surface area contributed by atoms with E-state index >= 15 is 0 Å². The highest BCUT2D eigenvalue weighted by molar-refractivity contribution is 5.91. The summed E-state index contributed by atoms with van der Waals surface area (Å²) >= 11 is 0. The molecule has 0 aliphatic heterocycles. The van der Waals surface area contributed by atoms with Gasteiger partial charge in [0.1, 0.15) is 17.2 Å². The number of para-hydroxylation sites is 1. The Morgan fingerprint density at radius 3 is 2.39 bits per heavy atom. The van der Waals surface area contributed by atoms with Crippen molar-refractivity contribution in [1.82, 2.24) is 5.32 Å². The van der Waals surface area contributed by atoms with Crippen LogP contribution in [0.15, 0.2) is 42.5 Å². The lowest BCUT2D eigenvalue weighted by Gasteiger charge is -2.13. The predicted octanol–water partition coefficient (Wildman–Crippen LogP) is 3.03. The van der Waals surface area contributed by atoms with E-state index in [0.717, 1.165) is 11.3 Å². The molecule has 23 heavy (non-hydrogen) atoms. The molecule has 0 spiro atoms. The van der Waals surface area contributed by atoms with Crippen molar-refractivity contribution in [3.05, 3.63) is 48.0 Å². The second kappa shape index (κ2) is 7.93. The second-order valence-electron chi connectivity index (χ2n) is 4.69. The summed E-state index contributed by atoms with van der Waals surface area (Å²) < 4.78 is 15.6. The maximum atomic E-state index is 12.1. The number of hydrogen-bond acceptors (Lipinski definition) is 4. The molecule has 0 atom stereocenters. The Morgan fingerprint density at radius 1 is 0.957 bits per heavy atom. The largest absolute Gasteiger partial charge is 0.497 e. The Morgan fingerprint density at radius 2 is 1.70 bits per heavy atom. The summed E-state index contributed by atoms with van der Waals surface area (Å²) in [7, 11) is 4.70. The minimum atomic E-state index is -0.334. The molecule has 2 amide bonds. The van der Waals surface area contributed by atoms with E-state index in [4.69, 9.17) is 14.2 Å². The van der Waals surface area contributed by atoms with E-state index in [1.165, 1.54) is 7.11 Å². The number of benzene rings is 2. The van der Waals surface area contributed by atoms with Crippen LogP contribution in [0.25, 0.3) is 0 Å². The highest BCUT2D eigenvalue weighted by atomic mass is 16.5. The SMILES string of the molecule is COc1ccc(NC(=O)NCc2ccccc2OC)c(OC)c1. The van der Waals surface area contributed by atoms with Gasteiger partial charge in [0.25, 0.3) is 0 Å². The molecule has 0 saturated carbocycles. The minimum absolute atomic E-state index is 0.334. The van der Waals surface area contributed by atoms with Crippen molar-refractivity contribution in [3.63, 3.8) is 0 Å². The molecule has 0 bridgehead atoms. The molecule has 0 fully saturated rings. The van der Waals surface area contributed by atoms with Crippen LogP contribution in [0.1, 0.15) is 5.56 Å². The van der Waals surface area contributed by atoms with Gasteiger partial charge in [0.2, 0.25) is 0 Å². The number of urea groups is 1. The smallest absolute Gasteiger partial charge is 0.319 e. The van der Waals surface area contributed by atoms with E-state index in [1.807, 2.05) is 24.3 Å². The molecule has 0 saturated heterocycles. The first kappa shape index (κ1) is 16.5. The number of carbonyl (C=O) groups is 1. The van der Waals surface area contributed by atoms with Gasteiger partial charge in [0, 0.05) is 18.2 Å². The predicted molar refractivity (Wildman–Crippen MR) is 88.4 cm³/mol. The van der Waals surface area contributed by atoms with E-state index in [2.05, 4.69) is 10.6 Å². The molecule has 2 aromatic carbocycles. The molecule has 0 heterocycles. The van der Waals surface area contributed by atoms with Crippen LogP contribution < -0.4 is 24.8 Å². The van der Waals surface area contributed by atoms with Gasteiger partial charge in [-0.1, -0.05) is 18.2 Å². The molecule has 0 aliphatic rings. The lowest BCUT2D eigenvalue weighted by molar-refractivity contribution is 0.251. The first-order chi connectivity index (χ1) is 11.2. The standard InChI is InChI=1S/C17H20N2O4/c1-21-13-8-9-14(16(10-13)23-3)19-17(20)18-11-12-6-4-5-7-15(12)22-2/h4-10H,11H2,1-3H3,(H2,18,19,20). The summed E-state index contributed by atoms with van der Waals surface area (Å²) in [6.07, 6.45) is 0. The number of ether oxygens (including phenoxy) is 3.